The average molecular weight is 394 g/mol. The quantitative estimate of drug-likeness (QED) is 0.698. The molecule has 0 saturated carbocycles. The van der Waals surface area contributed by atoms with E-state index < -0.39 is 5.91 Å². The lowest BCUT2D eigenvalue weighted by Crippen LogP contribution is -2.53. The van der Waals surface area contributed by atoms with Crippen molar-refractivity contribution < 1.29 is 14.3 Å². The van der Waals surface area contributed by atoms with Crippen LogP contribution in [0.4, 0.5) is 4.39 Å². The number of rotatable bonds is 5. The van der Waals surface area contributed by atoms with Crippen LogP contribution in [0.2, 0.25) is 0 Å². The van der Waals surface area contributed by atoms with Crippen LogP contribution in [0.15, 0.2) is 54.7 Å². The maximum absolute atomic E-state index is 13.1. The first-order valence-electron chi connectivity index (χ1n) is 9.45. The number of hydrogen-bond donors (Lipinski definition) is 2. The zero-order valence-electron chi connectivity index (χ0n) is 16.4. The van der Waals surface area contributed by atoms with Crippen molar-refractivity contribution >= 4 is 5.91 Å². The van der Waals surface area contributed by atoms with E-state index in [4.69, 9.17) is 0 Å². The zero-order chi connectivity index (χ0) is 20.6. The molecule has 0 saturated heterocycles. The highest BCUT2D eigenvalue weighted by molar-refractivity contribution is 5.94. The Hall–Kier alpha value is -3.19. The molecule has 150 valence electrons. The van der Waals surface area contributed by atoms with Crippen LogP contribution in [0, 0.1) is 5.82 Å². The van der Waals surface area contributed by atoms with Gasteiger partial charge in [-0.3, -0.25) is 4.79 Å². The number of aromatic hydroxyl groups is 1. The summed E-state index contributed by atoms with van der Waals surface area (Å²) in [6, 6.07) is 14.0. The first kappa shape index (κ1) is 19.1. The lowest BCUT2D eigenvalue weighted by atomic mass is 9.94. The Morgan fingerprint density at radius 3 is 2.38 bits per heavy atom. The van der Waals surface area contributed by atoms with Crippen molar-refractivity contribution in [3.05, 3.63) is 77.4 Å². The van der Waals surface area contributed by atoms with Crippen LogP contribution in [0.25, 0.3) is 5.69 Å². The molecule has 2 N–H and O–H groups in total. The molecule has 1 aliphatic carbocycles. The van der Waals surface area contributed by atoms with Gasteiger partial charge in [-0.15, -0.1) is 0 Å². The van der Waals surface area contributed by atoms with Gasteiger partial charge in [0.25, 0.3) is 5.91 Å². The fraction of sp³-hybridized carbons (Fsp3) is 0.273. The molecule has 0 radical (unpaired) electrons. The van der Waals surface area contributed by atoms with Gasteiger partial charge in [0, 0.05) is 12.1 Å². The predicted octanol–water partition coefficient (Wildman–Crippen LogP) is 2.55. The highest BCUT2D eigenvalue weighted by Crippen LogP contribution is 2.33. The molecule has 7 heteroatoms. The first-order valence-corrected chi connectivity index (χ1v) is 9.45. The van der Waals surface area contributed by atoms with Gasteiger partial charge < -0.3 is 15.3 Å². The second kappa shape index (κ2) is 7.33. The van der Waals surface area contributed by atoms with E-state index in [1.54, 1.807) is 0 Å². The summed E-state index contributed by atoms with van der Waals surface area (Å²) in [5.41, 5.74) is 2.85. The minimum absolute atomic E-state index is 0.0567. The molecule has 6 nitrogen and oxygen atoms in total. The van der Waals surface area contributed by atoms with E-state index in [0.29, 0.717) is 12.2 Å². The molecule has 0 bridgehead atoms. The number of aromatic nitrogens is 2. The molecule has 0 unspecified atom stereocenters. The molecule has 1 heterocycles. The van der Waals surface area contributed by atoms with Crippen LogP contribution in [0.1, 0.15) is 21.6 Å². The zero-order valence-corrected chi connectivity index (χ0v) is 16.4. The van der Waals surface area contributed by atoms with Crippen molar-refractivity contribution in [1.29, 1.82) is 0 Å². The summed E-state index contributed by atoms with van der Waals surface area (Å²) in [4.78, 5) is 14.9. The van der Waals surface area contributed by atoms with Gasteiger partial charge in [-0.25, -0.2) is 9.07 Å². The normalized spacial score (nSPS) is 14.8. The number of carbonyl (C=O) groups excluding carboxylic acids is 1. The van der Waals surface area contributed by atoms with Gasteiger partial charge in [0.15, 0.2) is 11.4 Å². The van der Waals surface area contributed by atoms with E-state index >= 15 is 0 Å². The van der Waals surface area contributed by atoms with Gasteiger partial charge in [0.1, 0.15) is 5.82 Å². The average Bonchev–Trinajstić information content (AvgIpc) is 3.28. The topological polar surface area (TPSA) is 70.4 Å². The van der Waals surface area contributed by atoms with Crippen LogP contribution in [0.3, 0.4) is 0 Å². The lowest BCUT2D eigenvalue weighted by molar-refractivity contribution is 0.0895. The maximum Gasteiger partial charge on any atom is 0.275 e. The van der Waals surface area contributed by atoms with Crippen molar-refractivity contribution in [2.24, 2.45) is 0 Å². The van der Waals surface area contributed by atoms with Gasteiger partial charge in [0.2, 0.25) is 0 Å². The first-order chi connectivity index (χ1) is 13.9. The maximum atomic E-state index is 13.1. The highest BCUT2D eigenvalue weighted by Gasteiger charge is 2.39. The van der Waals surface area contributed by atoms with E-state index in [1.807, 2.05) is 26.2 Å². The minimum atomic E-state index is -0.444. The number of fused-ring (bicyclic) bond motifs is 1. The smallest absolute Gasteiger partial charge is 0.275 e. The molecule has 2 aromatic carbocycles. The molecule has 1 amide bonds. The third-order valence-corrected chi connectivity index (χ3v) is 5.69. The van der Waals surface area contributed by atoms with Crippen molar-refractivity contribution in [2.75, 3.05) is 20.6 Å². The number of nitrogens with zero attached hydrogens (tertiary/aromatic N) is 3. The van der Waals surface area contributed by atoms with Crippen LogP contribution >= 0.6 is 0 Å². The van der Waals surface area contributed by atoms with E-state index in [9.17, 15) is 14.3 Å². The summed E-state index contributed by atoms with van der Waals surface area (Å²) in [7, 11) is 4.03. The molecule has 29 heavy (non-hydrogen) atoms. The molecule has 1 aliphatic rings. The largest absolute Gasteiger partial charge is 0.504 e. The van der Waals surface area contributed by atoms with Crippen LogP contribution < -0.4 is 5.32 Å². The molecular weight excluding hydrogens is 371 g/mol. The standard InChI is InChI=1S/C22H23FN4O2/c1-26(2)22(11-15-5-3-4-6-16(15)12-22)14-24-21(29)20-19(28)13-27(25-20)18-9-7-17(23)8-10-18/h3-10,13,28H,11-12,14H2,1-2H3,(H,24,29). The van der Waals surface area contributed by atoms with Gasteiger partial charge >= 0.3 is 0 Å². The van der Waals surface area contributed by atoms with Gasteiger partial charge in [-0.1, -0.05) is 24.3 Å². The number of amides is 1. The van der Waals surface area contributed by atoms with Crippen molar-refractivity contribution in [3.63, 3.8) is 0 Å². The Morgan fingerprint density at radius 2 is 1.79 bits per heavy atom. The Bertz CT molecular complexity index is 1020. The highest BCUT2D eigenvalue weighted by atomic mass is 19.1. The molecule has 0 spiro atoms. The number of hydrogen-bond acceptors (Lipinski definition) is 4. The van der Waals surface area contributed by atoms with Crippen molar-refractivity contribution in [1.82, 2.24) is 20.0 Å². The lowest BCUT2D eigenvalue weighted by Gasteiger charge is -2.36. The summed E-state index contributed by atoms with van der Waals surface area (Å²) < 4.78 is 14.5. The molecule has 1 aromatic heterocycles. The third-order valence-electron chi connectivity index (χ3n) is 5.69. The fourth-order valence-corrected chi connectivity index (χ4v) is 3.85. The molecule has 0 aliphatic heterocycles. The van der Waals surface area contributed by atoms with Crippen LogP contribution in [-0.4, -0.2) is 51.9 Å². The van der Waals surface area contributed by atoms with E-state index in [1.165, 1.54) is 46.3 Å². The SMILES string of the molecule is CN(C)C1(CNC(=O)c2nn(-c3ccc(F)cc3)cc2O)Cc2ccccc2C1. The Balaban J connectivity index is 1.50. The molecule has 3 aromatic rings. The van der Waals surface area contributed by atoms with Gasteiger partial charge in [-0.05, 0) is 62.3 Å². The number of benzene rings is 2. The van der Waals surface area contributed by atoms with Gasteiger partial charge in [0.05, 0.1) is 11.9 Å². The summed E-state index contributed by atoms with van der Waals surface area (Å²) in [6.07, 6.45) is 3.02. The number of carbonyl (C=O) groups is 1. The summed E-state index contributed by atoms with van der Waals surface area (Å²) >= 11 is 0. The summed E-state index contributed by atoms with van der Waals surface area (Å²) in [5.74, 6) is -1.03. The van der Waals surface area contributed by atoms with E-state index in [-0.39, 0.29) is 22.8 Å². The van der Waals surface area contributed by atoms with Crippen LogP contribution in [-0.2, 0) is 12.8 Å². The van der Waals surface area contributed by atoms with Gasteiger partial charge in [-0.2, -0.15) is 5.10 Å². The summed E-state index contributed by atoms with van der Waals surface area (Å²) in [5, 5.41) is 17.3. The monoisotopic (exact) mass is 394 g/mol. The molecule has 0 atom stereocenters. The third kappa shape index (κ3) is 3.61. The van der Waals surface area contributed by atoms with E-state index in [2.05, 4.69) is 27.4 Å². The van der Waals surface area contributed by atoms with Crippen molar-refractivity contribution in [2.45, 2.75) is 18.4 Å². The number of likely N-dealkylation sites (N-methyl/N-ethyl adjacent to an activating group) is 1. The second-order valence-electron chi connectivity index (χ2n) is 7.71. The molecule has 0 fully saturated rings. The van der Waals surface area contributed by atoms with E-state index in [0.717, 1.165) is 12.8 Å². The predicted molar refractivity (Wildman–Crippen MR) is 108 cm³/mol. The molecule has 4 rings (SSSR count). The summed E-state index contributed by atoms with van der Waals surface area (Å²) in [6.45, 7) is 0.427. The number of halogens is 1. The molecular formula is C22H23FN4O2. The van der Waals surface area contributed by atoms with Crippen molar-refractivity contribution in [3.8, 4) is 11.4 Å². The number of nitrogens with one attached hydrogen (secondary N) is 1. The van der Waals surface area contributed by atoms with Crippen LogP contribution in [0.5, 0.6) is 5.75 Å². The fourth-order valence-electron chi connectivity index (χ4n) is 3.85. The Labute approximate surface area is 168 Å². The minimum Gasteiger partial charge on any atom is -0.504 e. The Kier molecular flexibility index (Phi) is 4.84. The Morgan fingerprint density at radius 1 is 1.17 bits per heavy atom. The second-order valence-corrected chi connectivity index (χ2v) is 7.71.